The van der Waals surface area contributed by atoms with Gasteiger partial charge < -0.3 is 5.32 Å². The third-order valence-corrected chi connectivity index (χ3v) is 2.03. The highest BCUT2D eigenvalue weighted by Crippen LogP contribution is 2.07. The molecule has 0 aliphatic carbocycles. The number of hydrogen-bond donors (Lipinski definition) is 1. The van der Waals surface area contributed by atoms with Crippen LogP contribution in [0.4, 0.5) is 0 Å². The van der Waals surface area contributed by atoms with Gasteiger partial charge in [0, 0.05) is 0 Å². The zero-order valence-corrected chi connectivity index (χ0v) is 7.78. The maximum absolute atomic E-state index is 3.42. The van der Waals surface area contributed by atoms with Gasteiger partial charge in [0.25, 0.3) is 0 Å². The van der Waals surface area contributed by atoms with E-state index in [0.29, 0.717) is 0 Å². The molecule has 10 heavy (non-hydrogen) atoms. The van der Waals surface area contributed by atoms with Gasteiger partial charge in [-0.15, -0.1) is 0 Å². The first-order chi connectivity index (χ1) is 4.68. The maximum Gasteiger partial charge on any atom is -0.00207 e. The lowest BCUT2D eigenvalue weighted by Crippen LogP contribution is -2.24. The Hall–Kier alpha value is -0.0400. The molecule has 0 rings (SSSR count). The lowest BCUT2D eigenvalue weighted by atomic mass is 9.98. The topological polar surface area (TPSA) is 12.0 Å². The van der Waals surface area contributed by atoms with Gasteiger partial charge in [0.15, 0.2) is 0 Å². The molecule has 1 N–H and O–H groups in total. The molecular weight excluding hydrogens is 122 g/mol. The van der Waals surface area contributed by atoms with Crippen molar-refractivity contribution in [2.45, 2.75) is 34.1 Å². The molecule has 0 aliphatic heterocycles. The predicted molar refractivity (Wildman–Crippen MR) is 47.2 cm³/mol. The Balaban J connectivity index is 3.13. The largest absolute Gasteiger partial charge is 0.316 e. The normalized spacial score (nSPS) is 14.1. The fourth-order valence-electron chi connectivity index (χ4n) is 0.742. The van der Waals surface area contributed by atoms with E-state index in [1.165, 1.54) is 13.0 Å². The number of rotatable bonds is 5. The highest BCUT2D eigenvalue weighted by atomic mass is 14.8. The minimum atomic E-state index is 0.810. The summed E-state index contributed by atoms with van der Waals surface area (Å²) in [6.07, 6.45) is 1.24. The average molecular weight is 143 g/mol. The monoisotopic (exact) mass is 143 g/mol. The Kier molecular flexibility index (Phi) is 5.70. The van der Waals surface area contributed by atoms with Gasteiger partial charge in [0.05, 0.1) is 0 Å². The Labute approximate surface area is 65.2 Å². The summed E-state index contributed by atoms with van der Waals surface area (Å²) in [5.74, 6) is 1.62. The first kappa shape index (κ1) is 9.96. The molecule has 0 bridgehead atoms. The van der Waals surface area contributed by atoms with Crippen molar-refractivity contribution < 1.29 is 0 Å². The van der Waals surface area contributed by atoms with E-state index in [0.717, 1.165) is 18.4 Å². The summed E-state index contributed by atoms with van der Waals surface area (Å²) in [7, 11) is 0. The first-order valence-corrected chi connectivity index (χ1v) is 4.39. The van der Waals surface area contributed by atoms with Gasteiger partial charge >= 0.3 is 0 Å². The van der Waals surface area contributed by atoms with Crippen LogP contribution < -0.4 is 5.32 Å². The SMILES string of the molecule is CCCNCC(C)C(C)C. The van der Waals surface area contributed by atoms with Crippen LogP contribution in [0, 0.1) is 11.8 Å². The van der Waals surface area contributed by atoms with Crippen molar-refractivity contribution >= 4 is 0 Å². The van der Waals surface area contributed by atoms with E-state index in [9.17, 15) is 0 Å². The first-order valence-electron chi connectivity index (χ1n) is 4.39. The van der Waals surface area contributed by atoms with Crippen molar-refractivity contribution in [1.29, 1.82) is 0 Å². The van der Waals surface area contributed by atoms with Gasteiger partial charge in [-0.25, -0.2) is 0 Å². The molecule has 1 atom stereocenters. The summed E-state index contributed by atoms with van der Waals surface area (Å²) < 4.78 is 0. The predicted octanol–water partition coefficient (Wildman–Crippen LogP) is 2.28. The van der Waals surface area contributed by atoms with E-state index in [2.05, 4.69) is 33.0 Å². The van der Waals surface area contributed by atoms with Crippen LogP contribution in [0.25, 0.3) is 0 Å². The van der Waals surface area contributed by atoms with E-state index in [1.54, 1.807) is 0 Å². The Bertz CT molecular complexity index is 69.1. The van der Waals surface area contributed by atoms with Crippen LogP contribution in [0.1, 0.15) is 34.1 Å². The molecule has 0 spiro atoms. The highest BCUT2D eigenvalue weighted by molar-refractivity contribution is 4.59. The maximum atomic E-state index is 3.42. The molecule has 0 saturated carbocycles. The van der Waals surface area contributed by atoms with E-state index >= 15 is 0 Å². The minimum absolute atomic E-state index is 0.810. The molecule has 1 unspecified atom stereocenters. The average Bonchev–Trinajstić information content (AvgIpc) is 1.88. The molecule has 62 valence electrons. The summed E-state index contributed by atoms with van der Waals surface area (Å²) in [5, 5.41) is 3.42. The van der Waals surface area contributed by atoms with E-state index in [-0.39, 0.29) is 0 Å². The minimum Gasteiger partial charge on any atom is -0.316 e. The molecule has 1 nitrogen and oxygen atoms in total. The third kappa shape index (κ3) is 4.80. The van der Waals surface area contributed by atoms with Gasteiger partial charge in [-0.3, -0.25) is 0 Å². The van der Waals surface area contributed by atoms with Crippen LogP contribution >= 0.6 is 0 Å². The van der Waals surface area contributed by atoms with Crippen molar-refractivity contribution in [3.8, 4) is 0 Å². The standard InChI is InChI=1S/C9H21N/c1-5-6-10-7-9(4)8(2)3/h8-10H,5-7H2,1-4H3. The van der Waals surface area contributed by atoms with Crippen molar-refractivity contribution in [1.82, 2.24) is 5.32 Å². The molecule has 0 fully saturated rings. The van der Waals surface area contributed by atoms with Gasteiger partial charge in [-0.1, -0.05) is 27.7 Å². The number of nitrogens with one attached hydrogen (secondary N) is 1. The quantitative estimate of drug-likeness (QED) is 0.582. The molecule has 0 aromatic rings. The van der Waals surface area contributed by atoms with Crippen LogP contribution in [0.3, 0.4) is 0 Å². The molecule has 0 aliphatic rings. The van der Waals surface area contributed by atoms with Gasteiger partial charge in [-0.2, -0.15) is 0 Å². The lowest BCUT2D eigenvalue weighted by Gasteiger charge is -2.15. The summed E-state index contributed by atoms with van der Waals surface area (Å²) in [6, 6.07) is 0. The van der Waals surface area contributed by atoms with E-state index in [1.807, 2.05) is 0 Å². The van der Waals surface area contributed by atoms with E-state index < -0.39 is 0 Å². The van der Waals surface area contributed by atoms with Gasteiger partial charge in [-0.05, 0) is 31.3 Å². The van der Waals surface area contributed by atoms with E-state index in [4.69, 9.17) is 0 Å². The second kappa shape index (κ2) is 5.72. The molecule has 0 saturated heterocycles. The van der Waals surface area contributed by atoms with Crippen molar-refractivity contribution in [3.05, 3.63) is 0 Å². The van der Waals surface area contributed by atoms with Crippen LogP contribution in [0.5, 0.6) is 0 Å². The summed E-state index contributed by atoms with van der Waals surface area (Å²) in [5.41, 5.74) is 0. The molecule has 0 aromatic carbocycles. The fourth-order valence-corrected chi connectivity index (χ4v) is 0.742. The van der Waals surface area contributed by atoms with Crippen molar-refractivity contribution in [2.75, 3.05) is 13.1 Å². The van der Waals surface area contributed by atoms with Crippen LogP contribution in [0.15, 0.2) is 0 Å². The third-order valence-electron chi connectivity index (χ3n) is 2.03. The summed E-state index contributed by atoms with van der Waals surface area (Å²) in [4.78, 5) is 0. The van der Waals surface area contributed by atoms with Gasteiger partial charge in [0.2, 0.25) is 0 Å². The Morgan fingerprint density at radius 1 is 1.20 bits per heavy atom. The molecule has 0 heterocycles. The Morgan fingerprint density at radius 3 is 2.20 bits per heavy atom. The number of hydrogen-bond acceptors (Lipinski definition) is 1. The zero-order valence-electron chi connectivity index (χ0n) is 7.78. The van der Waals surface area contributed by atoms with Crippen molar-refractivity contribution in [3.63, 3.8) is 0 Å². The smallest absolute Gasteiger partial charge is 0.00207 e. The summed E-state index contributed by atoms with van der Waals surface area (Å²) in [6.45, 7) is 11.4. The molecule has 1 heteroatoms. The van der Waals surface area contributed by atoms with Crippen molar-refractivity contribution in [2.24, 2.45) is 11.8 Å². The highest BCUT2D eigenvalue weighted by Gasteiger charge is 2.04. The second-order valence-corrected chi connectivity index (χ2v) is 3.43. The molecular formula is C9H21N. The van der Waals surface area contributed by atoms with Gasteiger partial charge in [0.1, 0.15) is 0 Å². The Morgan fingerprint density at radius 2 is 1.80 bits per heavy atom. The molecule has 0 radical (unpaired) electrons. The lowest BCUT2D eigenvalue weighted by molar-refractivity contribution is 0.393. The zero-order chi connectivity index (χ0) is 7.98. The van der Waals surface area contributed by atoms with Crippen LogP contribution in [-0.4, -0.2) is 13.1 Å². The fraction of sp³-hybridized carbons (Fsp3) is 1.00. The summed E-state index contributed by atoms with van der Waals surface area (Å²) >= 11 is 0. The molecule has 0 aromatic heterocycles. The van der Waals surface area contributed by atoms with Crippen LogP contribution in [0.2, 0.25) is 0 Å². The van der Waals surface area contributed by atoms with Crippen LogP contribution in [-0.2, 0) is 0 Å². The molecule has 0 amide bonds. The second-order valence-electron chi connectivity index (χ2n) is 3.43.